The Kier molecular flexibility index (Phi) is 8.57. The molecular formula is C34H39ClFN7O6. The number of fused-ring (bicyclic) bond motifs is 3. The quantitative estimate of drug-likeness (QED) is 0.213. The summed E-state index contributed by atoms with van der Waals surface area (Å²) < 4.78 is 40.5. The lowest BCUT2D eigenvalue weighted by Gasteiger charge is -2.28. The number of anilines is 2. The smallest absolute Gasteiger partial charge is 0.425 e. The van der Waals surface area contributed by atoms with Crippen LogP contribution in [-0.2, 0) is 25.4 Å². The first kappa shape index (κ1) is 34.5. The highest BCUT2D eigenvalue weighted by molar-refractivity contribution is 6.33. The first-order chi connectivity index (χ1) is 22.8. The van der Waals surface area contributed by atoms with Crippen LogP contribution in [0, 0.1) is 5.82 Å². The summed E-state index contributed by atoms with van der Waals surface area (Å²) >= 11 is 6.07. The summed E-state index contributed by atoms with van der Waals surface area (Å²) in [6.07, 6.45) is 2.92. The second-order valence-electron chi connectivity index (χ2n) is 14.6. The summed E-state index contributed by atoms with van der Waals surface area (Å²) in [6, 6.07) is 4.27. The highest BCUT2D eigenvalue weighted by Gasteiger charge is 2.51. The summed E-state index contributed by atoms with van der Waals surface area (Å²) in [7, 11) is 0. The SMILES string of the molecule is CC(C)(C)OC(=O)N(C(=O)OC(C)(C)C)c1ncnc2c1cnn2[C@@H]1C=C(CCc2cc(F)c3cc(Cl)c(N)nc3c2)[C@H]2OC(C)(C)O[C@H]21. The number of hydrogen-bond donors (Lipinski definition) is 1. The summed E-state index contributed by atoms with van der Waals surface area (Å²) in [5, 5.41) is 5.43. The van der Waals surface area contributed by atoms with Crippen LogP contribution in [0.1, 0.15) is 73.4 Å². The molecule has 4 aromatic rings. The number of hydrogen-bond acceptors (Lipinski definition) is 11. The predicted octanol–water partition coefficient (Wildman–Crippen LogP) is 7.06. The van der Waals surface area contributed by atoms with Crippen LogP contribution in [0.4, 0.5) is 25.6 Å². The van der Waals surface area contributed by atoms with Gasteiger partial charge in [-0.2, -0.15) is 10.00 Å². The van der Waals surface area contributed by atoms with E-state index in [1.807, 2.05) is 19.9 Å². The molecule has 0 spiro atoms. The van der Waals surface area contributed by atoms with Gasteiger partial charge in [0, 0.05) is 5.39 Å². The highest BCUT2D eigenvalue weighted by atomic mass is 35.5. The van der Waals surface area contributed by atoms with Crippen molar-refractivity contribution >= 4 is 57.4 Å². The van der Waals surface area contributed by atoms with Gasteiger partial charge in [0.2, 0.25) is 0 Å². The van der Waals surface area contributed by atoms with Crippen molar-refractivity contribution in [2.24, 2.45) is 0 Å². The summed E-state index contributed by atoms with van der Waals surface area (Å²) in [5.41, 5.74) is 6.49. The Balaban J connectivity index is 1.35. The van der Waals surface area contributed by atoms with Gasteiger partial charge in [0.1, 0.15) is 47.4 Å². The van der Waals surface area contributed by atoms with E-state index >= 15 is 4.39 Å². The van der Waals surface area contributed by atoms with E-state index < -0.39 is 53.2 Å². The second-order valence-corrected chi connectivity index (χ2v) is 15.0. The van der Waals surface area contributed by atoms with Gasteiger partial charge in [0.15, 0.2) is 17.3 Å². The molecule has 1 fully saturated rings. The van der Waals surface area contributed by atoms with E-state index in [1.165, 1.54) is 24.7 Å². The Bertz CT molecular complexity index is 1970. The van der Waals surface area contributed by atoms with Gasteiger partial charge in [-0.05, 0) is 97.6 Å². The van der Waals surface area contributed by atoms with Gasteiger partial charge in [-0.3, -0.25) is 0 Å². The van der Waals surface area contributed by atoms with E-state index in [4.69, 9.17) is 36.3 Å². The molecule has 1 aliphatic carbocycles. The summed E-state index contributed by atoms with van der Waals surface area (Å²) in [4.78, 5) is 40.6. The number of halogens is 2. The fourth-order valence-corrected chi connectivity index (χ4v) is 6.14. The van der Waals surface area contributed by atoms with Crippen molar-refractivity contribution in [3.8, 4) is 0 Å². The first-order valence-electron chi connectivity index (χ1n) is 15.8. The van der Waals surface area contributed by atoms with Crippen LogP contribution in [0.5, 0.6) is 0 Å². The van der Waals surface area contributed by atoms with Crippen LogP contribution < -0.4 is 10.6 Å². The number of aromatic nitrogens is 5. The zero-order chi connectivity index (χ0) is 35.6. The Morgan fingerprint density at radius 3 is 2.35 bits per heavy atom. The third-order valence-corrected chi connectivity index (χ3v) is 8.16. The fourth-order valence-electron chi connectivity index (χ4n) is 5.99. The van der Waals surface area contributed by atoms with E-state index in [-0.39, 0.29) is 16.7 Å². The van der Waals surface area contributed by atoms with Crippen molar-refractivity contribution in [2.45, 2.75) is 103 Å². The van der Waals surface area contributed by atoms with Gasteiger partial charge in [-0.1, -0.05) is 17.7 Å². The number of pyridine rings is 1. The average Bonchev–Trinajstić information content (AvgIpc) is 3.62. The second kappa shape index (κ2) is 12.2. The van der Waals surface area contributed by atoms with E-state index in [1.54, 1.807) is 52.3 Å². The van der Waals surface area contributed by atoms with Crippen molar-refractivity contribution < 1.29 is 32.9 Å². The largest absolute Gasteiger partial charge is 0.443 e. The van der Waals surface area contributed by atoms with Gasteiger partial charge in [0.25, 0.3) is 0 Å². The molecule has 4 heterocycles. The molecule has 0 unspecified atom stereocenters. The third-order valence-electron chi connectivity index (χ3n) is 7.86. The van der Waals surface area contributed by atoms with Gasteiger partial charge >= 0.3 is 12.2 Å². The van der Waals surface area contributed by atoms with E-state index in [0.717, 1.165) is 16.0 Å². The Morgan fingerprint density at radius 2 is 1.69 bits per heavy atom. The highest BCUT2D eigenvalue weighted by Crippen LogP contribution is 2.45. The normalized spacial score (nSPS) is 20.4. The van der Waals surface area contributed by atoms with Crippen LogP contribution in [-0.4, -0.2) is 66.1 Å². The number of benzene rings is 1. The fraction of sp³-hybridized carbons (Fsp3) is 0.471. The van der Waals surface area contributed by atoms with E-state index in [0.29, 0.717) is 34.8 Å². The molecule has 1 saturated heterocycles. The van der Waals surface area contributed by atoms with Crippen LogP contribution in [0.3, 0.4) is 0 Å². The van der Waals surface area contributed by atoms with Gasteiger partial charge in [0.05, 0.1) is 22.1 Å². The molecule has 2 aliphatic rings. The molecule has 2 amide bonds. The molecule has 3 aromatic heterocycles. The minimum Gasteiger partial charge on any atom is -0.443 e. The number of rotatable bonds is 5. The number of nitrogens with two attached hydrogens (primary N) is 1. The Labute approximate surface area is 287 Å². The van der Waals surface area contributed by atoms with Crippen LogP contribution in [0.15, 0.2) is 42.4 Å². The van der Waals surface area contributed by atoms with Crippen LogP contribution >= 0.6 is 11.6 Å². The number of carbonyl (C=O) groups excluding carboxylic acids is 2. The van der Waals surface area contributed by atoms with Gasteiger partial charge in [-0.25, -0.2) is 33.6 Å². The number of imide groups is 1. The first-order valence-corrected chi connectivity index (χ1v) is 16.2. The van der Waals surface area contributed by atoms with Crippen molar-refractivity contribution in [2.75, 3.05) is 10.6 Å². The summed E-state index contributed by atoms with van der Waals surface area (Å²) in [6.45, 7) is 13.8. The number of aryl methyl sites for hydroxylation is 1. The van der Waals surface area contributed by atoms with Crippen LogP contribution in [0.25, 0.3) is 21.9 Å². The molecule has 49 heavy (non-hydrogen) atoms. The topological polar surface area (TPSA) is 157 Å². The molecule has 260 valence electrons. The number of ether oxygens (including phenoxy) is 4. The molecule has 2 N–H and O–H groups in total. The zero-order valence-electron chi connectivity index (χ0n) is 28.6. The molecule has 3 atom stereocenters. The zero-order valence-corrected chi connectivity index (χ0v) is 29.3. The van der Waals surface area contributed by atoms with Crippen molar-refractivity contribution in [3.63, 3.8) is 0 Å². The lowest BCUT2D eigenvalue weighted by atomic mass is 10.0. The summed E-state index contributed by atoms with van der Waals surface area (Å²) in [5.74, 6) is -1.25. The predicted molar refractivity (Wildman–Crippen MR) is 181 cm³/mol. The minimum absolute atomic E-state index is 0.0451. The number of amides is 2. The molecule has 1 aromatic carbocycles. The maximum atomic E-state index is 15.0. The lowest BCUT2D eigenvalue weighted by molar-refractivity contribution is -0.148. The lowest BCUT2D eigenvalue weighted by Crippen LogP contribution is -2.44. The maximum Gasteiger partial charge on any atom is 0.425 e. The Morgan fingerprint density at radius 1 is 1.02 bits per heavy atom. The molecule has 1 aliphatic heterocycles. The number of carbonyl (C=O) groups is 2. The van der Waals surface area contributed by atoms with Gasteiger partial charge in [-0.15, -0.1) is 0 Å². The monoisotopic (exact) mass is 695 g/mol. The standard InChI is InChI=1S/C34H39ClFN7O6/c1-32(2,3)48-30(44)42(31(45)49-33(4,5)6)28-20-15-40-43(29(20)39-16-38-28)24-13-18(25-26(24)47-34(7,8)46-25)10-9-17-11-22(36)19-14-21(35)27(37)41-23(19)12-17/h11-16,24-26H,9-10H2,1-8H3,(H2,37,41)/t24-,25-,26+/m1/s1. The molecular weight excluding hydrogens is 657 g/mol. The van der Waals surface area contributed by atoms with Crippen LogP contribution in [0.2, 0.25) is 5.02 Å². The molecule has 0 bridgehead atoms. The van der Waals surface area contributed by atoms with E-state index in [9.17, 15) is 9.59 Å². The third kappa shape index (κ3) is 7.03. The average molecular weight is 696 g/mol. The molecule has 13 nitrogen and oxygen atoms in total. The van der Waals surface area contributed by atoms with Crippen molar-refractivity contribution in [1.82, 2.24) is 24.7 Å². The molecule has 0 saturated carbocycles. The number of nitrogen functional groups attached to an aromatic ring is 1. The van der Waals surface area contributed by atoms with Crippen molar-refractivity contribution in [1.29, 1.82) is 0 Å². The number of nitrogens with zero attached hydrogens (tertiary/aromatic N) is 6. The maximum absolute atomic E-state index is 15.0. The molecule has 15 heteroatoms. The van der Waals surface area contributed by atoms with Crippen molar-refractivity contribution in [3.05, 3.63) is 58.8 Å². The van der Waals surface area contributed by atoms with Gasteiger partial charge < -0.3 is 24.7 Å². The Hall–Kier alpha value is -4.40. The molecule has 0 radical (unpaired) electrons. The molecule has 6 rings (SSSR count). The van der Waals surface area contributed by atoms with E-state index in [2.05, 4.69) is 20.1 Å². The minimum atomic E-state index is -0.960.